The van der Waals surface area contributed by atoms with Gasteiger partial charge in [0.2, 0.25) is 0 Å². The van der Waals surface area contributed by atoms with E-state index in [0.29, 0.717) is 23.7 Å². The smallest absolute Gasteiger partial charge is 0.748 e. The van der Waals surface area contributed by atoms with Crippen LogP contribution in [-0.2, 0) is 19.5 Å². The number of hydrogen-bond donors (Lipinski definition) is 2. The molecule has 6 fully saturated rings. The third kappa shape index (κ3) is 10.3. The van der Waals surface area contributed by atoms with Gasteiger partial charge in [0, 0.05) is 29.4 Å². The van der Waals surface area contributed by atoms with E-state index in [-0.39, 0.29) is 119 Å². The first-order chi connectivity index (χ1) is 22.2. The van der Waals surface area contributed by atoms with Gasteiger partial charge in [-0.05, 0) is 125 Å². The molecule has 262 valence electrons. The minimum absolute atomic E-state index is 0. The van der Waals surface area contributed by atoms with Crippen LogP contribution < -0.4 is 75.8 Å². The summed E-state index contributed by atoms with van der Waals surface area (Å²) >= 11 is 1.14. The summed E-state index contributed by atoms with van der Waals surface area (Å²) in [6.07, 6.45) is 17.9. The van der Waals surface area contributed by atoms with Gasteiger partial charge >= 0.3 is 59.1 Å². The molecule has 6 aliphatic carbocycles. The summed E-state index contributed by atoms with van der Waals surface area (Å²) in [5, 5.41) is 32.4. The van der Waals surface area contributed by atoms with E-state index in [1.807, 2.05) is 0 Å². The van der Waals surface area contributed by atoms with Crippen molar-refractivity contribution in [2.45, 2.75) is 162 Å². The quantitative estimate of drug-likeness (QED) is 0.0745. The second-order valence-electron chi connectivity index (χ2n) is 15.4. The van der Waals surface area contributed by atoms with E-state index >= 15 is 0 Å². The van der Waals surface area contributed by atoms with Gasteiger partial charge in [-0.3, -0.25) is 5.04 Å². The molecule has 10 unspecified atom stereocenters. The van der Waals surface area contributed by atoms with Crippen LogP contribution in [0.3, 0.4) is 0 Å². The van der Waals surface area contributed by atoms with Crippen molar-refractivity contribution in [2.24, 2.45) is 67.4 Å². The molecule has 4 N–H and O–H groups in total. The van der Waals surface area contributed by atoms with Crippen LogP contribution in [0.2, 0.25) is 0 Å². The molecule has 0 amide bonds. The minimum Gasteiger partial charge on any atom is -0.748 e. The van der Waals surface area contributed by atoms with Crippen LogP contribution in [-0.4, -0.2) is 59.7 Å². The summed E-state index contributed by atoms with van der Waals surface area (Å²) in [4.78, 5) is 0. The maximum atomic E-state index is 12.1. The van der Waals surface area contributed by atoms with E-state index in [1.54, 1.807) is 0 Å². The predicted molar refractivity (Wildman–Crippen MR) is 172 cm³/mol. The molecule has 0 spiro atoms. The van der Waals surface area contributed by atoms with Crippen LogP contribution in [0.4, 0.5) is 0 Å². The predicted octanol–water partition coefficient (Wildman–Crippen LogP) is -1.02. The molecule has 0 bridgehead atoms. The monoisotopic (exact) mass is 728 g/mol. The molecule has 0 saturated heterocycles. The zero-order chi connectivity index (χ0) is 32.3. The Balaban J connectivity index is 0.00000260. The molecular formula is C32H54N6Na2O6S2. The van der Waals surface area contributed by atoms with Gasteiger partial charge in [0.15, 0.2) is 0 Å². The fourth-order valence-electron chi connectivity index (χ4n) is 10.5. The van der Waals surface area contributed by atoms with E-state index in [4.69, 9.17) is 31.1 Å². The van der Waals surface area contributed by atoms with Gasteiger partial charge in [0.25, 0.3) is 0 Å². The molecule has 10 atom stereocenters. The Kier molecular flexibility index (Phi) is 17.1. The van der Waals surface area contributed by atoms with E-state index < -0.39 is 15.4 Å². The van der Waals surface area contributed by atoms with E-state index in [2.05, 4.69) is 10.2 Å². The minimum atomic E-state index is -4.39. The van der Waals surface area contributed by atoms with E-state index in [9.17, 15) is 18.2 Å². The first-order valence-electron chi connectivity index (χ1n) is 18.1. The average molecular weight is 729 g/mol. The van der Waals surface area contributed by atoms with Crippen LogP contribution in [0.5, 0.6) is 0 Å². The zero-order valence-electron chi connectivity index (χ0n) is 29.0. The zero-order valence-corrected chi connectivity index (χ0v) is 34.7. The van der Waals surface area contributed by atoms with Crippen LogP contribution in [0.15, 0.2) is 20.5 Å². The maximum absolute atomic E-state index is 12.1. The number of nitrogens with two attached hydrogens (primary N) is 2. The molecule has 12 nitrogen and oxygen atoms in total. The van der Waals surface area contributed by atoms with Crippen molar-refractivity contribution in [3.05, 3.63) is 0 Å². The van der Waals surface area contributed by atoms with Crippen molar-refractivity contribution in [3.8, 4) is 0 Å². The molecule has 16 heteroatoms. The van der Waals surface area contributed by atoms with Gasteiger partial charge in [0.05, 0.1) is 39.5 Å². The summed E-state index contributed by atoms with van der Waals surface area (Å²) in [5.41, 5.74) is 13.4. The Hall–Kier alpha value is 1.26. The van der Waals surface area contributed by atoms with Crippen molar-refractivity contribution in [1.29, 1.82) is 0 Å². The SMILES string of the molecule is NC1C(N=NC2CCC(C3CCC(N=NC4CC(S(=O)(=O)[O-])C5CCCCC5C4N)CC3)CC2)CC(SOO[O-])C2CCCCC12.[Na+].[Na+]. The summed E-state index contributed by atoms with van der Waals surface area (Å²) < 4.78 is 41.1. The number of fused-ring (bicyclic) bond motifs is 2. The molecule has 0 aromatic carbocycles. The molecule has 6 aliphatic rings. The summed E-state index contributed by atoms with van der Waals surface area (Å²) in [6, 6.07) is -0.251. The van der Waals surface area contributed by atoms with Crippen molar-refractivity contribution >= 4 is 22.2 Å². The molecule has 0 heterocycles. The number of rotatable bonds is 9. The fourth-order valence-corrected chi connectivity index (χ4v) is 12.5. The van der Waals surface area contributed by atoms with Crippen molar-refractivity contribution in [2.75, 3.05) is 0 Å². The number of hydrogen-bond acceptors (Lipinski definition) is 13. The third-order valence-corrected chi connectivity index (χ3v) is 15.2. The van der Waals surface area contributed by atoms with Crippen LogP contribution in [0, 0.1) is 35.5 Å². The standard InChI is InChI=1S/C32H56N6O6S2.2Na/c33-31-25-7-3-1-5-23(25)29(45-44-43-39)17-27(31)37-35-21-13-9-19(10-14-21)20-11-15-22(16-12-20)36-38-28-18-30(46(40,41)42)24-6-2-4-8-26(24)32(28)34;;/h19-32,39H,1-18,33-34H2,(H,40,41,42);;/q;2*+1/p-2. The molecule has 48 heavy (non-hydrogen) atoms. The Morgan fingerprint density at radius 3 is 1.52 bits per heavy atom. The Bertz CT molecular complexity index is 1160. The largest absolute Gasteiger partial charge is 1.00 e. The van der Waals surface area contributed by atoms with Gasteiger partial charge in [-0.15, -0.1) is 0 Å². The molecule has 6 saturated carbocycles. The first-order valence-corrected chi connectivity index (χ1v) is 20.4. The Morgan fingerprint density at radius 2 is 1.04 bits per heavy atom. The molecule has 0 aromatic heterocycles. The van der Waals surface area contributed by atoms with Gasteiger partial charge < -0.3 is 21.3 Å². The first kappa shape index (κ1) is 42.0. The van der Waals surface area contributed by atoms with Crippen molar-refractivity contribution < 1.29 is 86.7 Å². The second-order valence-corrected chi connectivity index (χ2v) is 17.9. The van der Waals surface area contributed by atoms with Crippen molar-refractivity contribution in [3.63, 3.8) is 0 Å². The molecular weight excluding hydrogens is 675 g/mol. The van der Waals surface area contributed by atoms with Gasteiger partial charge in [0.1, 0.15) is 0 Å². The van der Waals surface area contributed by atoms with Gasteiger partial charge in [-0.1, -0.05) is 25.7 Å². The summed E-state index contributed by atoms with van der Waals surface area (Å²) in [6.45, 7) is 0. The molecule has 0 aliphatic heterocycles. The van der Waals surface area contributed by atoms with E-state index in [1.165, 1.54) is 25.7 Å². The third-order valence-electron chi connectivity index (χ3n) is 13.0. The number of azo groups is 2. The van der Waals surface area contributed by atoms with E-state index in [0.717, 1.165) is 95.5 Å². The topological polar surface area (TPSA) is 200 Å². The molecule has 0 radical (unpaired) electrons. The van der Waals surface area contributed by atoms with Crippen LogP contribution >= 0.6 is 12.0 Å². The van der Waals surface area contributed by atoms with Gasteiger partial charge in [-0.25, -0.2) is 8.42 Å². The maximum Gasteiger partial charge on any atom is 1.00 e. The summed E-state index contributed by atoms with van der Waals surface area (Å²) in [7, 11) is -4.39. The van der Waals surface area contributed by atoms with Crippen molar-refractivity contribution in [1.82, 2.24) is 0 Å². The normalized spacial score (nSPS) is 43.9. The summed E-state index contributed by atoms with van der Waals surface area (Å²) in [5.74, 6) is 2.13. The number of nitrogens with zero attached hydrogens (tertiary/aromatic N) is 4. The van der Waals surface area contributed by atoms with Crippen LogP contribution in [0.1, 0.15) is 116 Å². The Morgan fingerprint density at radius 1 is 0.604 bits per heavy atom. The van der Waals surface area contributed by atoms with Gasteiger partial charge in [-0.2, -0.15) is 24.8 Å². The second kappa shape index (κ2) is 19.5. The molecule has 6 rings (SSSR count). The average Bonchev–Trinajstić information content (AvgIpc) is 3.07. The fraction of sp³-hybridized carbons (Fsp3) is 1.00. The van der Waals surface area contributed by atoms with Crippen LogP contribution in [0.25, 0.3) is 0 Å². The Labute approximate surface area is 335 Å². The molecule has 0 aromatic rings.